The van der Waals surface area contributed by atoms with Gasteiger partial charge < -0.3 is 9.64 Å². The van der Waals surface area contributed by atoms with Gasteiger partial charge in [-0.1, -0.05) is 19.3 Å². The van der Waals surface area contributed by atoms with E-state index < -0.39 is 10.0 Å². The Hall–Kier alpha value is -0.660. The Labute approximate surface area is 127 Å². The average Bonchev–Trinajstić information content (AvgIpc) is 2.53. The van der Waals surface area contributed by atoms with E-state index in [1.54, 1.807) is 4.31 Å². The van der Waals surface area contributed by atoms with Gasteiger partial charge in [-0.2, -0.15) is 4.31 Å². The molecule has 0 aromatic carbocycles. The van der Waals surface area contributed by atoms with Crippen molar-refractivity contribution in [1.82, 2.24) is 9.21 Å². The molecule has 0 atom stereocenters. The Bertz CT molecular complexity index is 438. The van der Waals surface area contributed by atoms with Gasteiger partial charge in [0, 0.05) is 32.7 Å². The van der Waals surface area contributed by atoms with Crippen LogP contribution in [0.2, 0.25) is 0 Å². The molecule has 2 aliphatic rings. The first kappa shape index (κ1) is 16.7. The fraction of sp³-hybridized carbons (Fsp3) is 0.929. The number of rotatable bonds is 5. The van der Waals surface area contributed by atoms with Gasteiger partial charge in [0.15, 0.2) is 0 Å². The van der Waals surface area contributed by atoms with E-state index in [9.17, 15) is 13.2 Å². The van der Waals surface area contributed by atoms with Crippen LogP contribution in [0.25, 0.3) is 0 Å². The molecule has 0 bridgehead atoms. The summed E-state index contributed by atoms with van der Waals surface area (Å²) < 4.78 is 31.5. The number of ether oxygens (including phenoxy) is 1. The molecule has 0 unspecified atom stereocenters. The molecule has 1 saturated heterocycles. The average molecular weight is 318 g/mol. The molecular formula is C14H26N2O4S. The Morgan fingerprint density at radius 1 is 1.10 bits per heavy atom. The molecule has 1 heterocycles. The third-order valence-corrected chi connectivity index (χ3v) is 6.92. The SMILES string of the molecule is COC(=O)CCN1CCN(S(=O)(=O)C2CCCCC2)CC1. The molecule has 0 spiro atoms. The minimum Gasteiger partial charge on any atom is -0.469 e. The normalized spacial score (nSPS) is 23.1. The van der Waals surface area contributed by atoms with Crippen molar-refractivity contribution in [2.75, 3.05) is 39.8 Å². The number of piperazine rings is 1. The molecule has 21 heavy (non-hydrogen) atoms. The molecule has 122 valence electrons. The number of methoxy groups -OCH3 is 1. The lowest BCUT2D eigenvalue weighted by Gasteiger charge is -2.36. The number of carbonyl (C=O) groups is 1. The van der Waals surface area contributed by atoms with Crippen molar-refractivity contribution in [3.05, 3.63) is 0 Å². The largest absolute Gasteiger partial charge is 0.469 e. The number of esters is 1. The van der Waals surface area contributed by atoms with E-state index in [-0.39, 0.29) is 11.2 Å². The number of sulfonamides is 1. The van der Waals surface area contributed by atoms with Crippen molar-refractivity contribution in [1.29, 1.82) is 0 Å². The zero-order valence-electron chi connectivity index (χ0n) is 12.8. The van der Waals surface area contributed by atoms with Crippen LogP contribution in [0.4, 0.5) is 0 Å². The molecule has 1 aliphatic heterocycles. The smallest absolute Gasteiger partial charge is 0.306 e. The summed E-state index contributed by atoms with van der Waals surface area (Å²) in [6, 6.07) is 0. The zero-order chi connectivity index (χ0) is 15.3. The van der Waals surface area contributed by atoms with Crippen LogP contribution in [0.15, 0.2) is 0 Å². The summed E-state index contributed by atoms with van der Waals surface area (Å²) in [5, 5.41) is -0.173. The highest BCUT2D eigenvalue weighted by Gasteiger charge is 2.34. The lowest BCUT2D eigenvalue weighted by molar-refractivity contribution is -0.141. The van der Waals surface area contributed by atoms with E-state index in [1.165, 1.54) is 7.11 Å². The molecule has 2 fully saturated rings. The molecular weight excluding hydrogens is 292 g/mol. The van der Waals surface area contributed by atoms with Crippen molar-refractivity contribution in [2.24, 2.45) is 0 Å². The number of hydrogen-bond donors (Lipinski definition) is 0. The van der Waals surface area contributed by atoms with Crippen LogP contribution in [0.5, 0.6) is 0 Å². The van der Waals surface area contributed by atoms with Gasteiger partial charge >= 0.3 is 5.97 Å². The zero-order valence-corrected chi connectivity index (χ0v) is 13.6. The summed E-state index contributed by atoms with van der Waals surface area (Å²) in [5.41, 5.74) is 0. The van der Waals surface area contributed by atoms with Gasteiger partial charge in [0.1, 0.15) is 0 Å². The molecule has 0 aromatic heterocycles. The second-order valence-electron chi connectivity index (χ2n) is 5.87. The third-order valence-electron chi connectivity index (χ3n) is 4.52. The van der Waals surface area contributed by atoms with Crippen LogP contribution < -0.4 is 0 Å². The van der Waals surface area contributed by atoms with E-state index in [0.29, 0.717) is 39.1 Å². The van der Waals surface area contributed by atoms with Crippen molar-refractivity contribution >= 4 is 16.0 Å². The van der Waals surface area contributed by atoms with Crippen LogP contribution >= 0.6 is 0 Å². The van der Waals surface area contributed by atoms with E-state index in [0.717, 1.165) is 32.1 Å². The predicted octanol–water partition coefficient (Wildman–Crippen LogP) is 0.830. The van der Waals surface area contributed by atoms with Gasteiger partial charge in [-0.15, -0.1) is 0 Å². The van der Waals surface area contributed by atoms with Gasteiger partial charge in [0.2, 0.25) is 10.0 Å². The molecule has 0 amide bonds. The van der Waals surface area contributed by atoms with Crippen LogP contribution in [0, 0.1) is 0 Å². The second kappa shape index (κ2) is 7.56. The van der Waals surface area contributed by atoms with Crippen LogP contribution in [0.3, 0.4) is 0 Å². The van der Waals surface area contributed by atoms with Gasteiger partial charge in [0.05, 0.1) is 18.8 Å². The van der Waals surface area contributed by atoms with Gasteiger partial charge in [-0.25, -0.2) is 8.42 Å². The van der Waals surface area contributed by atoms with Crippen molar-refractivity contribution in [2.45, 2.75) is 43.8 Å². The van der Waals surface area contributed by atoms with Crippen LogP contribution in [0.1, 0.15) is 38.5 Å². The van der Waals surface area contributed by atoms with Crippen LogP contribution in [-0.4, -0.2) is 68.7 Å². The summed E-state index contributed by atoms with van der Waals surface area (Å²) >= 11 is 0. The molecule has 0 N–H and O–H groups in total. The van der Waals surface area contributed by atoms with E-state index in [4.69, 9.17) is 0 Å². The minimum absolute atomic E-state index is 0.173. The number of nitrogens with zero attached hydrogens (tertiary/aromatic N) is 2. The van der Waals surface area contributed by atoms with Crippen molar-refractivity contribution < 1.29 is 17.9 Å². The summed E-state index contributed by atoms with van der Waals surface area (Å²) in [6.45, 7) is 3.12. The summed E-state index contributed by atoms with van der Waals surface area (Å²) in [5.74, 6) is -0.216. The maximum absolute atomic E-state index is 12.6. The molecule has 1 saturated carbocycles. The maximum Gasteiger partial charge on any atom is 0.306 e. The number of hydrogen-bond acceptors (Lipinski definition) is 5. The Morgan fingerprint density at radius 3 is 2.29 bits per heavy atom. The van der Waals surface area contributed by atoms with Gasteiger partial charge in [-0.3, -0.25) is 4.79 Å². The van der Waals surface area contributed by atoms with Crippen molar-refractivity contribution in [3.63, 3.8) is 0 Å². The highest BCUT2D eigenvalue weighted by Crippen LogP contribution is 2.26. The molecule has 1 aliphatic carbocycles. The highest BCUT2D eigenvalue weighted by molar-refractivity contribution is 7.89. The quantitative estimate of drug-likeness (QED) is 0.703. The first-order valence-corrected chi connectivity index (χ1v) is 9.32. The molecule has 6 nitrogen and oxygen atoms in total. The van der Waals surface area contributed by atoms with E-state index >= 15 is 0 Å². The maximum atomic E-state index is 12.6. The highest BCUT2D eigenvalue weighted by atomic mass is 32.2. The second-order valence-corrected chi connectivity index (χ2v) is 8.08. The standard InChI is InChI=1S/C14H26N2O4S/c1-20-14(17)7-8-15-9-11-16(12-10-15)21(18,19)13-5-3-2-4-6-13/h13H,2-12H2,1H3. The lowest BCUT2D eigenvalue weighted by Crippen LogP contribution is -2.51. The Morgan fingerprint density at radius 2 is 1.71 bits per heavy atom. The summed E-state index contributed by atoms with van der Waals surface area (Å²) in [6.07, 6.45) is 5.21. The third kappa shape index (κ3) is 4.40. The van der Waals surface area contributed by atoms with Crippen molar-refractivity contribution in [3.8, 4) is 0 Å². The lowest BCUT2D eigenvalue weighted by atomic mass is 10.0. The minimum atomic E-state index is -3.13. The summed E-state index contributed by atoms with van der Waals surface area (Å²) in [7, 11) is -1.74. The van der Waals surface area contributed by atoms with E-state index in [1.807, 2.05) is 0 Å². The Kier molecular flexibility index (Phi) is 6.01. The molecule has 7 heteroatoms. The first-order valence-electron chi connectivity index (χ1n) is 7.82. The van der Waals surface area contributed by atoms with E-state index in [2.05, 4.69) is 9.64 Å². The topological polar surface area (TPSA) is 66.9 Å². The monoisotopic (exact) mass is 318 g/mol. The molecule has 2 rings (SSSR count). The van der Waals surface area contributed by atoms with Gasteiger partial charge in [0.25, 0.3) is 0 Å². The Balaban J connectivity index is 1.81. The first-order chi connectivity index (χ1) is 10.0. The number of carbonyl (C=O) groups excluding carboxylic acids is 1. The molecule has 0 aromatic rings. The van der Waals surface area contributed by atoms with Gasteiger partial charge in [-0.05, 0) is 12.8 Å². The fourth-order valence-electron chi connectivity index (χ4n) is 3.13. The fourth-order valence-corrected chi connectivity index (χ4v) is 5.16. The molecule has 0 radical (unpaired) electrons. The predicted molar refractivity (Wildman–Crippen MR) is 80.4 cm³/mol. The summed E-state index contributed by atoms with van der Waals surface area (Å²) in [4.78, 5) is 13.3. The van der Waals surface area contributed by atoms with Crippen LogP contribution in [-0.2, 0) is 19.6 Å².